The van der Waals surface area contributed by atoms with Gasteiger partial charge in [0.05, 0.1) is 0 Å². The topological polar surface area (TPSA) is 67.9 Å². The van der Waals surface area contributed by atoms with E-state index in [4.69, 9.17) is 9.47 Å². The number of piperidine rings is 1. The summed E-state index contributed by atoms with van der Waals surface area (Å²) in [7, 11) is 0. The van der Waals surface area contributed by atoms with E-state index in [-0.39, 0.29) is 25.0 Å². The Hall–Kier alpha value is -2.24. The highest BCUT2D eigenvalue weighted by atomic mass is 16.7. The molecule has 23 heavy (non-hydrogen) atoms. The maximum Gasteiger partial charge on any atom is 0.232 e. The van der Waals surface area contributed by atoms with Crippen molar-refractivity contribution in [3.63, 3.8) is 0 Å². The highest BCUT2D eigenvalue weighted by molar-refractivity contribution is 5.96. The zero-order valence-corrected chi connectivity index (χ0v) is 13.3. The van der Waals surface area contributed by atoms with Crippen LogP contribution < -0.4 is 14.8 Å². The van der Waals surface area contributed by atoms with Gasteiger partial charge in [0.2, 0.25) is 18.6 Å². The van der Waals surface area contributed by atoms with E-state index in [9.17, 15) is 9.59 Å². The molecule has 0 atom stereocenters. The minimum absolute atomic E-state index is 0.0833. The van der Waals surface area contributed by atoms with Gasteiger partial charge in [-0.2, -0.15) is 0 Å². The molecule has 1 fully saturated rings. The number of carbonyl (C=O) groups excluding carboxylic acids is 2. The number of rotatable bonds is 4. The van der Waals surface area contributed by atoms with Crippen LogP contribution in [0.15, 0.2) is 18.2 Å². The van der Waals surface area contributed by atoms with Crippen molar-refractivity contribution in [1.29, 1.82) is 0 Å². The molecule has 0 spiro atoms. The predicted octanol–water partition coefficient (Wildman–Crippen LogP) is 1.68. The molecule has 1 N–H and O–H groups in total. The third-order valence-electron chi connectivity index (χ3n) is 4.37. The van der Waals surface area contributed by atoms with Crippen LogP contribution in [0.5, 0.6) is 11.5 Å². The van der Waals surface area contributed by atoms with E-state index in [2.05, 4.69) is 12.2 Å². The van der Waals surface area contributed by atoms with E-state index in [0.29, 0.717) is 18.2 Å². The van der Waals surface area contributed by atoms with Gasteiger partial charge in [0.1, 0.15) is 6.42 Å². The number of hydrogen-bond acceptors (Lipinski definition) is 4. The van der Waals surface area contributed by atoms with Crippen LogP contribution in [-0.2, 0) is 16.1 Å². The SMILES string of the molecule is CC1CCN(C(=O)CC(=O)NCc2ccc3c(c2)OCO3)CC1. The molecule has 6 nitrogen and oxygen atoms in total. The van der Waals surface area contributed by atoms with Crippen molar-refractivity contribution < 1.29 is 19.1 Å². The number of fused-ring (bicyclic) bond motifs is 1. The lowest BCUT2D eigenvalue weighted by atomic mass is 9.99. The molecule has 2 amide bonds. The summed E-state index contributed by atoms with van der Waals surface area (Å²) < 4.78 is 10.5. The third kappa shape index (κ3) is 3.94. The van der Waals surface area contributed by atoms with Crippen LogP contribution in [0.2, 0.25) is 0 Å². The summed E-state index contributed by atoms with van der Waals surface area (Å²) in [6.45, 7) is 4.32. The number of hydrogen-bond donors (Lipinski definition) is 1. The van der Waals surface area contributed by atoms with Gasteiger partial charge in [-0.25, -0.2) is 0 Å². The normalized spacial score (nSPS) is 17.2. The highest BCUT2D eigenvalue weighted by Crippen LogP contribution is 2.32. The van der Waals surface area contributed by atoms with Crippen LogP contribution in [0, 0.1) is 5.92 Å². The van der Waals surface area contributed by atoms with Gasteiger partial charge in [0.25, 0.3) is 0 Å². The highest BCUT2D eigenvalue weighted by Gasteiger charge is 2.22. The first kappa shape index (κ1) is 15.6. The summed E-state index contributed by atoms with van der Waals surface area (Å²) in [6.07, 6.45) is 1.95. The lowest BCUT2D eigenvalue weighted by Gasteiger charge is -2.30. The largest absolute Gasteiger partial charge is 0.454 e. The number of nitrogens with one attached hydrogen (secondary N) is 1. The van der Waals surface area contributed by atoms with Crippen molar-refractivity contribution >= 4 is 11.8 Å². The standard InChI is InChI=1S/C17H22N2O4/c1-12-4-6-19(7-5-12)17(21)9-16(20)18-10-13-2-3-14-15(8-13)23-11-22-14/h2-3,8,12H,4-7,9-11H2,1H3,(H,18,20). The van der Waals surface area contributed by atoms with Gasteiger partial charge in [-0.05, 0) is 36.5 Å². The molecule has 0 saturated carbocycles. The predicted molar refractivity (Wildman–Crippen MR) is 84.0 cm³/mol. The fraction of sp³-hybridized carbons (Fsp3) is 0.529. The first-order chi connectivity index (χ1) is 11.1. The Morgan fingerprint density at radius 2 is 1.96 bits per heavy atom. The molecule has 2 heterocycles. The Bertz CT molecular complexity index is 594. The summed E-state index contributed by atoms with van der Waals surface area (Å²) in [5, 5.41) is 2.79. The number of benzene rings is 1. The molecule has 0 bridgehead atoms. The van der Waals surface area contributed by atoms with Crippen LogP contribution >= 0.6 is 0 Å². The monoisotopic (exact) mass is 318 g/mol. The second kappa shape index (κ2) is 6.89. The molecule has 6 heteroatoms. The number of carbonyl (C=O) groups is 2. The van der Waals surface area contributed by atoms with E-state index < -0.39 is 0 Å². The molecular weight excluding hydrogens is 296 g/mol. The van der Waals surface area contributed by atoms with Crippen molar-refractivity contribution in [2.75, 3.05) is 19.9 Å². The Balaban J connectivity index is 1.45. The van der Waals surface area contributed by atoms with Gasteiger partial charge in [-0.15, -0.1) is 0 Å². The number of amides is 2. The minimum Gasteiger partial charge on any atom is -0.454 e. The van der Waals surface area contributed by atoms with Gasteiger partial charge in [0.15, 0.2) is 11.5 Å². The van der Waals surface area contributed by atoms with E-state index in [0.717, 1.165) is 37.2 Å². The Labute approximate surface area is 135 Å². The van der Waals surface area contributed by atoms with Crippen molar-refractivity contribution in [3.05, 3.63) is 23.8 Å². The molecular formula is C17H22N2O4. The molecule has 3 rings (SSSR count). The molecule has 1 saturated heterocycles. The van der Waals surface area contributed by atoms with Crippen molar-refractivity contribution in [3.8, 4) is 11.5 Å². The van der Waals surface area contributed by atoms with Gasteiger partial charge in [-0.1, -0.05) is 13.0 Å². The molecule has 0 aliphatic carbocycles. The van der Waals surface area contributed by atoms with E-state index in [1.165, 1.54) is 0 Å². The van der Waals surface area contributed by atoms with E-state index in [1.54, 1.807) is 4.90 Å². The molecule has 0 radical (unpaired) electrons. The maximum atomic E-state index is 12.1. The molecule has 124 valence electrons. The summed E-state index contributed by atoms with van der Waals surface area (Å²) in [6, 6.07) is 5.54. The van der Waals surface area contributed by atoms with Gasteiger partial charge < -0.3 is 19.7 Å². The zero-order chi connectivity index (χ0) is 16.2. The Morgan fingerprint density at radius 3 is 2.74 bits per heavy atom. The van der Waals surface area contributed by atoms with E-state index >= 15 is 0 Å². The second-order valence-electron chi connectivity index (χ2n) is 6.20. The summed E-state index contributed by atoms with van der Waals surface area (Å²) in [5.74, 6) is 1.75. The summed E-state index contributed by atoms with van der Waals surface area (Å²) in [4.78, 5) is 25.9. The number of nitrogens with zero attached hydrogens (tertiary/aromatic N) is 1. The average molecular weight is 318 g/mol. The Kier molecular flexibility index (Phi) is 4.69. The van der Waals surface area contributed by atoms with E-state index in [1.807, 2.05) is 18.2 Å². The lowest BCUT2D eigenvalue weighted by molar-refractivity contribution is -0.137. The molecule has 1 aromatic carbocycles. The minimum atomic E-state index is -0.244. The van der Waals surface area contributed by atoms with Crippen LogP contribution in [0.25, 0.3) is 0 Å². The zero-order valence-electron chi connectivity index (χ0n) is 13.3. The van der Waals surface area contributed by atoms with Crippen molar-refractivity contribution in [1.82, 2.24) is 10.2 Å². The van der Waals surface area contributed by atoms with Crippen molar-refractivity contribution in [2.24, 2.45) is 5.92 Å². The van der Waals surface area contributed by atoms with Crippen molar-refractivity contribution in [2.45, 2.75) is 32.7 Å². The molecule has 0 aromatic heterocycles. The maximum absolute atomic E-state index is 12.1. The second-order valence-corrected chi connectivity index (χ2v) is 6.20. The number of likely N-dealkylation sites (tertiary alicyclic amines) is 1. The molecule has 2 aliphatic heterocycles. The smallest absolute Gasteiger partial charge is 0.232 e. The fourth-order valence-corrected chi connectivity index (χ4v) is 2.82. The first-order valence-electron chi connectivity index (χ1n) is 8.05. The molecule has 2 aliphatic rings. The fourth-order valence-electron chi connectivity index (χ4n) is 2.82. The van der Waals surface area contributed by atoms with Crippen LogP contribution in [0.1, 0.15) is 31.7 Å². The number of ether oxygens (including phenoxy) is 2. The van der Waals surface area contributed by atoms with Crippen LogP contribution in [-0.4, -0.2) is 36.6 Å². The molecule has 0 unspecified atom stereocenters. The quantitative estimate of drug-likeness (QED) is 0.858. The molecule has 1 aromatic rings. The van der Waals surface area contributed by atoms with Gasteiger partial charge >= 0.3 is 0 Å². The van der Waals surface area contributed by atoms with Crippen LogP contribution in [0.4, 0.5) is 0 Å². The third-order valence-corrected chi connectivity index (χ3v) is 4.37. The lowest BCUT2D eigenvalue weighted by Crippen LogP contribution is -2.40. The summed E-state index contributed by atoms with van der Waals surface area (Å²) in [5.41, 5.74) is 0.918. The first-order valence-corrected chi connectivity index (χ1v) is 8.05. The van der Waals surface area contributed by atoms with Crippen LogP contribution in [0.3, 0.4) is 0 Å². The average Bonchev–Trinajstić information content (AvgIpc) is 3.01. The van der Waals surface area contributed by atoms with Gasteiger partial charge in [0, 0.05) is 19.6 Å². The summed E-state index contributed by atoms with van der Waals surface area (Å²) >= 11 is 0. The van der Waals surface area contributed by atoms with Gasteiger partial charge in [-0.3, -0.25) is 9.59 Å². The Morgan fingerprint density at radius 1 is 1.22 bits per heavy atom.